The van der Waals surface area contributed by atoms with E-state index in [2.05, 4.69) is 21.3 Å². The minimum Gasteiger partial charge on any atom is -0.397 e. The standard InChI is InChI=1S/C32H28F2N8O4S2/c33-25-13-17(9-11-23(25)31(47(39,43)44)15-27(41-37)29(35)19-5-1-3-7-21(19)31)18-10-12-24(26(34)14-18)32(48(40,45)46)16-28(42-38)30(36)20-6-2-4-8-22(20)32/h1-14,37-38H,15-16,35-36H2,(H2,39,43,44)(H2,40,45,46)/b41-37+,42-38+. The van der Waals surface area contributed by atoms with E-state index in [1.54, 1.807) is 24.3 Å². The van der Waals surface area contributed by atoms with Gasteiger partial charge in [0.05, 0.1) is 22.8 Å². The Labute approximate surface area is 277 Å². The molecule has 10 N–H and O–H groups in total. The van der Waals surface area contributed by atoms with E-state index in [0.717, 1.165) is 12.1 Å². The first-order chi connectivity index (χ1) is 23.6. The summed E-state index contributed by atoms with van der Waals surface area (Å²) in [5, 5.41) is 19.0. The van der Waals surface area contributed by atoms with Gasteiger partial charge < -0.3 is 11.5 Å². The lowest BCUT2D eigenvalue weighted by Gasteiger charge is -2.38. The molecule has 0 aromatic heterocycles. The number of halogens is 2. The van der Waals surface area contributed by atoms with Gasteiger partial charge in [0.25, 0.3) is 0 Å². The largest absolute Gasteiger partial charge is 0.397 e. The number of sulfonamides is 2. The van der Waals surface area contributed by atoms with Crippen LogP contribution in [0.15, 0.2) is 107 Å². The first-order valence-electron chi connectivity index (χ1n) is 15.0. The van der Waals surface area contributed by atoms with Crippen molar-refractivity contribution in [3.63, 3.8) is 0 Å². The van der Waals surface area contributed by atoms with Crippen molar-refractivity contribution >= 4 is 31.4 Å². The molecule has 0 heterocycles. The van der Waals surface area contributed by atoms with Gasteiger partial charge >= 0.3 is 0 Å². The van der Waals surface area contributed by atoms with Crippen molar-refractivity contribution in [3.05, 3.63) is 141 Å². The number of primary sulfonamides is 2. The van der Waals surface area contributed by atoms with Crippen LogP contribution in [0.2, 0.25) is 2.82 Å². The molecule has 0 saturated carbocycles. The molecule has 0 fully saturated rings. The van der Waals surface area contributed by atoms with E-state index in [1.807, 2.05) is 0 Å². The number of allylic oxidation sites excluding steroid dienone is 2. The summed E-state index contributed by atoms with van der Waals surface area (Å²) in [4.78, 5) is 0. The lowest BCUT2D eigenvalue weighted by Crippen LogP contribution is -2.45. The predicted molar refractivity (Wildman–Crippen MR) is 174 cm³/mol. The normalized spacial score (nSPS) is 22.1. The highest BCUT2D eigenvalue weighted by Gasteiger charge is 2.53. The van der Waals surface area contributed by atoms with Crippen LogP contribution in [0.3, 0.4) is 0 Å². The summed E-state index contributed by atoms with van der Waals surface area (Å²) in [6.45, 7) is 0. The summed E-state index contributed by atoms with van der Waals surface area (Å²) >= 11 is 0. The number of fused-ring (bicyclic) bond motifs is 2. The fraction of sp³-hybridized carbons (Fsp3) is 0.125. The van der Waals surface area contributed by atoms with Gasteiger partial charge in [-0.05, 0) is 34.4 Å². The lowest BCUT2D eigenvalue weighted by atomic mass is 9.77. The Morgan fingerprint density at radius 3 is 1.33 bits per heavy atom. The number of rotatable bonds is 7. The summed E-state index contributed by atoms with van der Waals surface area (Å²) in [6, 6.07) is 19.3. The van der Waals surface area contributed by atoms with Gasteiger partial charge in [0.15, 0.2) is 0 Å². The lowest BCUT2D eigenvalue weighted by molar-refractivity contribution is 0.522. The maximum absolute atomic E-state index is 16.3. The van der Waals surface area contributed by atoms with Crippen LogP contribution in [-0.4, -0.2) is 16.8 Å². The predicted octanol–water partition coefficient (Wildman–Crippen LogP) is 4.82. The molecule has 246 valence electrons. The minimum absolute atomic E-state index is 0.0504. The molecule has 4 aromatic rings. The van der Waals surface area contributed by atoms with Gasteiger partial charge in [0.1, 0.15) is 21.1 Å². The molecule has 2 aliphatic rings. The van der Waals surface area contributed by atoms with Crippen LogP contribution in [0.5, 0.6) is 0 Å². The smallest absolute Gasteiger partial charge is 0.223 e. The molecule has 0 aliphatic heterocycles. The van der Waals surface area contributed by atoms with Crippen LogP contribution >= 0.6 is 0 Å². The summed E-state index contributed by atoms with van der Waals surface area (Å²) in [5.41, 5.74) is 18.5. The Morgan fingerprint density at radius 1 is 0.625 bits per heavy atom. The van der Waals surface area contributed by atoms with Gasteiger partial charge in [-0.25, -0.2) is 46.9 Å². The molecule has 0 spiro atoms. The van der Waals surface area contributed by atoms with Crippen LogP contribution in [-0.2, 0) is 29.5 Å². The maximum Gasteiger partial charge on any atom is 0.223 e. The number of nitrogens with one attached hydrogen (secondary N) is 2. The Kier molecular flexibility index (Phi) is 7.06. The average molecular weight is 691 g/mol. The van der Waals surface area contributed by atoms with Crippen LogP contribution < -0.4 is 21.7 Å². The SMILES string of the molecule is [H]/N=N/C1=C(N)c2ccccc2C(c2ccc(-c3ccc(C4(S(N)(=O)=O)CC(/N=N/[H])=C(N)c5ccccc54)c(F)c3)cc2F)(S(N)(=O)=O)C1. The molecule has 16 heteroatoms. The van der Waals surface area contributed by atoms with Crippen molar-refractivity contribution in [2.45, 2.75) is 22.3 Å². The van der Waals surface area contributed by atoms with E-state index in [1.165, 1.54) is 48.5 Å². The molecule has 12 nitrogen and oxygen atoms in total. The van der Waals surface area contributed by atoms with Crippen LogP contribution in [0, 0.1) is 22.7 Å². The second-order valence-corrected chi connectivity index (χ2v) is 15.1. The van der Waals surface area contributed by atoms with Crippen molar-refractivity contribution in [2.24, 2.45) is 32.0 Å². The summed E-state index contributed by atoms with van der Waals surface area (Å²) in [6.07, 6.45) is -1.07. The molecule has 2 unspecified atom stereocenters. The van der Waals surface area contributed by atoms with Gasteiger partial charge in [-0.15, -0.1) is 0 Å². The molecule has 0 bridgehead atoms. The van der Waals surface area contributed by atoms with E-state index < -0.39 is 54.0 Å². The summed E-state index contributed by atoms with van der Waals surface area (Å²) in [7, 11) is -9.34. The van der Waals surface area contributed by atoms with Gasteiger partial charge in [0, 0.05) is 35.1 Å². The highest BCUT2D eigenvalue weighted by atomic mass is 32.2. The highest BCUT2D eigenvalue weighted by molar-refractivity contribution is 7.90. The second kappa shape index (κ2) is 11.2. The topological polar surface area (TPSA) is 245 Å². The molecule has 2 atom stereocenters. The van der Waals surface area contributed by atoms with E-state index in [0.29, 0.717) is 0 Å². The van der Waals surface area contributed by atoms with Crippen molar-refractivity contribution in [1.29, 1.82) is 11.0 Å². The summed E-state index contributed by atoms with van der Waals surface area (Å²) < 4.78 is 96.3. The van der Waals surface area contributed by atoms with Gasteiger partial charge in [-0.1, -0.05) is 72.8 Å². The Bertz CT molecular complexity index is 2270. The third-order valence-corrected chi connectivity index (χ3v) is 12.2. The fourth-order valence-electron chi connectivity index (χ4n) is 6.82. The van der Waals surface area contributed by atoms with E-state index in [4.69, 9.17) is 24.6 Å². The van der Waals surface area contributed by atoms with Crippen molar-refractivity contribution in [3.8, 4) is 11.1 Å². The van der Waals surface area contributed by atoms with Crippen LogP contribution in [0.4, 0.5) is 8.78 Å². The van der Waals surface area contributed by atoms with Crippen molar-refractivity contribution in [1.82, 2.24) is 0 Å². The zero-order valence-electron chi connectivity index (χ0n) is 26.8. The zero-order chi connectivity index (χ0) is 36.2. The first kappa shape index (κ1) is 30.2. The van der Waals surface area contributed by atoms with Crippen LogP contribution in [0.25, 0.3) is 22.5 Å². The third-order valence-electron chi connectivity index (χ3n) is 9.11. The third kappa shape index (κ3) is 4.59. The van der Waals surface area contributed by atoms with Gasteiger partial charge in [-0.3, -0.25) is 0 Å². The molecular weight excluding hydrogens is 663 g/mol. The maximum atomic E-state index is 16.3. The number of nitrogens with two attached hydrogens (primary N) is 4. The molecule has 0 radical (unpaired) electrons. The van der Waals surface area contributed by atoms with Gasteiger partial charge in [-0.2, -0.15) is 10.2 Å². The number of nitrogens with zero attached hydrogens (tertiary/aromatic N) is 2. The number of benzene rings is 4. The van der Waals surface area contributed by atoms with Crippen molar-refractivity contribution < 1.29 is 28.4 Å². The molecule has 0 amide bonds. The highest BCUT2D eigenvalue weighted by Crippen LogP contribution is 2.51. The second-order valence-electron chi connectivity index (χ2n) is 11.5. The number of hydrogen-bond donors (Lipinski definition) is 6. The van der Waals surface area contributed by atoms with E-state index in [9.17, 15) is 16.8 Å². The van der Waals surface area contributed by atoms with Crippen LogP contribution in [0.1, 0.15) is 46.2 Å². The Morgan fingerprint density at radius 2 is 1.00 bits per heavy atom. The van der Waals surface area contributed by atoms with E-state index in [-0.39, 0.29) is 67.3 Å². The van der Waals surface area contributed by atoms with Crippen molar-refractivity contribution in [2.75, 3.05) is 0 Å². The first-order valence-corrected chi connectivity index (χ1v) is 17.2. The number of hydrogen-bond acceptors (Lipinski definition) is 10. The molecule has 0 saturated heterocycles. The monoisotopic (exact) mass is 690 g/mol. The zero-order valence-corrected chi connectivity index (χ0v) is 26.4. The van der Waals surface area contributed by atoms with Gasteiger partial charge in [0.2, 0.25) is 22.9 Å². The van der Waals surface area contributed by atoms with E-state index >= 15 is 8.78 Å². The molecule has 48 heavy (non-hydrogen) atoms. The molecular formula is C32H28F2N8O4S2. The summed E-state index contributed by atoms with van der Waals surface area (Å²) in [5.74, 6) is -2.04. The molecule has 2 aliphatic carbocycles. The Balaban J connectivity index is 1.50. The average Bonchev–Trinajstić information content (AvgIpc) is 3.07. The molecule has 4 aromatic carbocycles. The Hall–Kier alpha value is -5.16. The molecule has 6 rings (SSSR count). The quantitative estimate of drug-likeness (QED) is 0.148. The fourth-order valence-corrected chi connectivity index (χ4v) is 9.41. The minimum atomic E-state index is -4.67.